The van der Waals surface area contributed by atoms with Gasteiger partial charge in [-0.3, -0.25) is 9.69 Å². The number of carbonyl (C=O) groups excluding carboxylic acids is 1. The number of likely N-dealkylation sites (N-methyl/N-ethyl adjacent to an activating group) is 1. The van der Waals surface area contributed by atoms with Gasteiger partial charge in [0.2, 0.25) is 5.91 Å². The van der Waals surface area contributed by atoms with Crippen LogP contribution in [0, 0.1) is 0 Å². The largest absolute Gasteiger partial charge is 0.489 e. The lowest BCUT2D eigenvalue weighted by molar-refractivity contribution is -0.130. The minimum Gasteiger partial charge on any atom is -0.489 e. The average Bonchev–Trinajstić information content (AvgIpc) is 2.47. The standard InChI is InChI=1S/C15H22Cl2N2O3/c1-18(2)14(20)11-19(7-9-21-3)8-10-22-15-12(16)5-4-6-13(15)17/h4-6H,7-11H2,1-3H3. The minimum atomic E-state index is 0.0341. The number of hydrogen-bond donors (Lipinski definition) is 0. The van der Waals surface area contributed by atoms with Crippen LogP contribution >= 0.6 is 23.2 Å². The summed E-state index contributed by atoms with van der Waals surface area (Å²) in [6, 6.07) is 5.21. The van der Waals surface area contributed by atoms with Gasteiger partial charge in [0.15, 0.2) is 5.75 Å². The highest BCUT2D eigenvalue weighted by molar-refractivity contribution is 6.37. The molecule has 0 N–H and O–H groups in total. The Balaban J connectivity index is 2.53. The molecule has 0 bridgehead atoms. The second kappa shape index (κ2) is 9.90. The molecule has 0 saturated carbocycles. The highest BCUT2D eigenvalue weighted by atomic mass is 35.5. The van der Waals surface area contributed by atoms with Crippen LogP contribution in [0.25, 0.3) is 0 Å². The van der Waals surface area contributed by atoms with Crippen molar-refractivity contribution in [2.75, 3.05) is 54.1 Å². The molecule has 0 saturated heterocycles. The van der Waals surface area contributed by atoms with Crippen molar-refractivity contribution in [1.82, 2.24) is 9.80 Å². The number of ether oxygens (including phenoxy) is 2. The Bertz CT molecular complexity index is 464. The smallest absolute Gasteiger partial charge is 0.236 e. The zero-order valence-electron chi connectivity index (χ0n) is 13.1. The van der Waals surface area contributed by atoms with Crippen LogP contribution in [-0.4, -0.2) is 69.8 Å². The Hall–Kier alpha value is -1.01. The van der Waals surface area contributed by atoms with Crippen LogP contribution in [0.5, 0.6) is 5.75 Å². The molecular formula is C15H22Cl2N2O3. The molecule has 7 heteroatoms. The maximum absolute atomic E-state index is 11.8. The quantitative estimate of drug-likeness (QED) is 0.687. The SMILES string of the molecule is COCCN(CCOc1c(Cl)cccc1Cl)CC(=O)N(C)C. The molecule has 0 unspecified atom stereocenters. The number of para-hydroxylation sites is 1. The number of amides is 1. The van der Waals surface area contributed by atoms with Crippen molar-refractivity contribution in [1.29, 1.82) is 0 Å². The molecule has 0 heterocycles. The first-order valence-electron chi connectivity index (χ1n) is 6.94. The average molecular weight is 349 g/mol. The summed E-state index contributed by atoms with van der Waals surface area (Å²) in [5.74, 6) is 0.503. The van der Waals surface area contributed by atoms with Crippen molar-refractivity contribution >= 4 is 29.1 Å². The van der Waals surface area contributed by atoms with Gasteiger partial charge in [-0.05, 0) is 12.1 Å². The highest BCUT2D eigenvalue weighted by Gasteiger charge is 2.13. The molecule has 5 nitrogen and oxygen atoms in total. The van der Waals surface area contributed by atoms with E-state index in [1.165, 1.54) is 0 Å². The van der Waals surface area contributed by atoms with Gasteiger partial charge in [0.05, 0.1) is 23.2 Å². The Morgan fingerprint density at radius 1 is 1.14 bits per heavy atom. The molecule has 0 spiro atoms. The van der Waals surface area contributed by atoms with Crippen molar-refractivity contribution in [2.45, 2.75) is 0 Å². The molecule has 22 heavy (non-hydrogen) atoms. The molecule has 1 aromatic rings. The fraction of sp³-hybridized carbons (Fsp3) is 0.533. The van der Waals surface area contributed by atoms with Crippen LogP contribution < -0.4 is 4.74 Å². The summed E-state index contributed by atoms with van der Waals surface area (Å²) in [5, 5.41) is 0.945. The molecule has 0 aromatic heterocycles. The van der Waals surface area contributed by atoms with Gasteiger partial charge in [0.25, 0.3) is 0 Å². The Kier molecular flexibility index (Phi) is 8.56. The molecule has 0 atom stereocenters. The molecule has 1 rings (SSSR count). The maximum atomic E-state index is 11.8. The number of benzene rings is 1. The van der Waals surface area contributed by atoms with Crippen LogP contribution in [0.4, 0.5) is 0 Å². The Morgan fingerprint density at radius 3 is 2.27 bits per heavy atom. The zero-order chi connectivity index (χ0) is 16.5. The van der Waals surface area contributed by atoms with E-state index in [1.807, 2.05) is 4.90 Å². The van der Waals surface area contributed by atoms with Gasteiger partial charge in [-0.15, -0.1) is 0 Å². The molecule has 0 fully saturated rings. The lowest BCUT2D eigenvalue weighted by Gasteiger charge is -2.23. The number of halogens is 2. The molecule has 1 amide bonds. The number of nitrogens with zero attached hydrogens (tertiary/aromatic N) is 2. The summed E-state index contributed by atoms with van der Waals surface area (Å²) in [4.78, 5) is 15.3. The van der Waals surface area contributed by atoms with Crippen LogP contribution in [0.2, 0.25) is 10.0 Å². The molecule has 0 aliphatic heterocycles. The summed E-state index contributed by atoms with van der Waals surface area (Å²) >= 11 is 12.1. The summed E-state index contributed by atoms with van der Waals surface area (Å²) < 4.78 is 10.7. The third-order valence-corrected chi connectivity index (χ3v) is 3.64. The van der Waals surface area contributed by atoms with Gasteiger partial charge in [-0.25, -0.2) is 0 Å². The van der Waals surface area contributed by atoms with E-state index in [9.17, 15) is 4.79 Å². The zero-order valence-corrected chi connectivity index (χ0v) is 14.7. The Labute approximate surface area is 141 Å². The first-order chi connectivity index (χ1) is 10.5. The van der Waals surface area contributed by atoms with E-state index in [2.05, 4.69) is 0 Å². The first kappa shape index (κ1) is 19.0. The molecular weight excluding hydrogens is 327 g/mol. The van der Waals surface area contributed by atoms with E-state index in [0.717, 1.165) is 0 Å². The van der Waals surface area contributed by atoms with Crippen molar-refractivity contribution in [3.8, 4) is 5.75 Å². The predicted molar refractivity (Wildman–Crippen MR) is 89.0 cm³/mol. The molecule has 124 valence electrons. The first-order valence-corrected chi connectivity index (χ1v) is 7.69. The van der Waals surface area contributed by atoms with Crippen molar-refractivity contribution < 1.29 is 14.3 Å². The summed E-state index contributed by atoms with van der Waals surface area (Å²) in [5.41, 5.74) is 0. The monoisotopic (exact) mass is 348 g/mol. The fourth-order valence-corrected chi connectivity index (χ4v) is 2.23. The third kappa shape index (κ3) is 6.40. The van der Waals surface area contributed by atoms with Crippen molar-refractivity contribution in [2.24, 2.45) is 0 Å². The van der Waals surface area contributed by atoms with Gasteiger partial charge in [-0.1, -0.05) is 29.3 Å². The molecule has 0 radical (unpaired) electrons. The molecule has 0 aliphatic rings. The fourth-order valence-electron chi connectivity index (χ4n) is 1.72. The van der Waals surface area contributed by atoms with E-state index in [4.69, 9.17) is 32.7 Å². The van der Waals surface area contributed by atoms with E-state index >= 15 is 0 Å². The topological polar surface area (TPSA) is 42.0 Å². The van der Waals surface area contributed by atoms with Gasteiger partial charge in [0.1, 0.15) is 6.61 Å². The normalized spacial score (nSPS) is 10.8. The maximum Gasteiger partial charge on any atom is 0.236 e. The minimum absolute atomic E-state index is 0.0341. The van der Waals surface area contributed by atoms with Gasteiger partial charge in [0, 0.05) is 34.3 Å². The van der Waals surface area contributed by atoms with Crippen molar-refractivity contribution in [3.05, 3.63) is 28.2 Å². The van der Waals surface area contributed by atoms with Crippen LogP contribution in [0.3, 0.4) is 0 Å². The predicted octanol–water partition coefficient (Wildman–Crippen LogP) is 2.41. The lowest BCUT2D eigenvalue weighted by atomic mass is 10.3. The number of hydrogen-bond acceptors (Lipinski definition) is 4. The van der Waals surface area contributed by atoms with E-state index < -0.39 is 0 Å². The van der Waals surface area contributed by atoms with Crippen molar-refractivity contribution in [3.63, 3.8) is 0 Å². The second-order valence-corrected chi connectivity index (χ2v) is 5.77. The third-order valence-electron chi connectivity index (χ3n) is 3.04. The van der Waals surface area contributed by atoms with Crippen LogP contribution in [-0.2, 0) is 9.53 Å². The highest BCUT2D eigenvalue weighted by Crippen LogP contribution is 2.32. The van der Waals surface area contributed by atoms with E-state index in [1.54, 1.807) is 44.3 Å². The number of methoxy groups -OCH3 is 1. The second-order valence-electron chi connectivity index (χ2n) is 4.96. The van der Waals surface area contributed by atoms with Gasteiger partial charge >= 0.3 is 0 Å². The number of carbonyl (C=O) groups is 1. The summed E-state index contributed by atoms with van der Waals surface area (Å²) in [6.07, 6.45) is 0. The van der Waals surface area contributed by atoms with Gasteiger partial charge in [-0.2, -0.15) is 0 Å². The molecule has 0 aliphatic carbocycles. The molecule has 1 aromatic carbocycles. The van der Waals surface area contributed by atoms with E-state index in [-0.39, 0.29) is 5.91 Å². The Morgan fingerprint density at radius 2 is 1.73 bits per heavy atom. The van der Waals surface area contributed by atoms with Crippen LogP contribution in [0.1, 0.15) is 0 Å². The summed E-state index contributed by atoms with van der Waals surface area (Å²) in [6.45, 7) is 2.47. The van der Waals surface area contributed by atoms with E-state index in [0.29, 0.717) is 48.6 Å². The number of rotatable bonds is 9. The summed E-state index contributed by atoms with van der Waals surface area (Å²) in [7, 11) is 5.10. The van der Waals surface area contributed by atoms with Gasteiger partial charge < -0.3 is 14.4 Å². The van der Waals surface area contributed by atoms with Crippen LogP contribution in [0.15, 0.2) is 18.2 Å². The lowest BCUT2D eigenvalue weighted by Crippen LogP contribution is -2.40.